The number of ether oxygens (including phenoxy) is 1. The van der Waals surface area contributed by atoms with E-state index >= 15 is 0 Å². The van der Waals surface area contributed by atoms with Gasteiger partial charge in [0, 0.05) is 17.8 Å². The third kappa shape index (κ3) is 4.23. The van der Waals surface area contributed by atoms with Crippen LogP contribution in [0.4, 0.5) is 11.4 Å². The molecule has 2 aliphatic heterocycles. The molecular formula is C27H29N3O3S. The van der Waals surface area contributed by atoms with E-state index in [1.807, 2.05) is 19.1 Å². The van der Waals surface area contributed by atoms with Crippen LogP contribution in [0.25, 0.3) is 11.6 Å². The van der Waals surface area contributed by atoms with Gasteiger partial charge >= 0.3 is 0 Å². The van der Waals surface area contributed by atoms with Crippen LogP contribution in [0, 0.1) is 0 Å². The average Bonchev–Trinajstić information content (AvgIpc) is 2.78. The van der Waals surface area contributed by atoms with Gasteiger partial charge in [-0.25, -0.2) is 0 Å². The second-order valence-electron chi connectivity index (χ2n) is 8.89. The number of allylic oxidation sites excluding steroid dienone is 1. The zero-order valence-electron chi connectivity index (χ0n) is 20.1. The Bertz CT molecular complexity index is 1230. The highest BCUT2D eigenvalue weighted by Crippen LogP contribution is 2.39. The molecule has 0 unspecified atom stereocenters. The number of thiocarbonyl (C=S) groups is 1. The Morgan fingerprint density at radius 3 is 2.44 bits per heavy atom. The number of carbonyl (C=O) groups is 2. The summed E-state index contributed by atoms with van der Waals surface area (Å²) in [7, 11) is 0. The summed E-state index contributed by atoms with van der Waals surface area (Å²) >= 11 is 5.31. The first-order valence-electron chi connectivity index (χ1n) is 11.4. The molecule has 2 aromatic rings. The molecule has 0 saturated carbocycles. The lowest BCUT2D eigenvalue weighted by molar-refractivity contribution is -0.122. The molecule has 2 heterocycles. The molecule has 1 saturated heterocycles. The van der Waals surface area contributed by atoms with Crippen molar-refractivity contribution in [3.63, 3.8) is 0 Å². The molecule has 1 fully saturated rings. The Kier molecular flexibility index (Phi) is 6.32. The van der Waals surface area contributed by atoms with Crippen LogP contribution < -0.4 is 19.9 Å². The van der Waals surface area contributed by atoms with Crippen LogP contribution in [0.3, 0.4) is 0 Å². The van der Waals surface area contributed by atoms with E-state index in [9.17, 15) is 9.59 Å². The topological polar surface area (TPSA) is 61.9 Å². The maximum absolute atomic E-state index is 13.4. The molecule has 0 aliphatic carbocycles. The van der Waals surface area contributed by atoms with Crippen molar-refractivity contribution in [3.05, 3.63) is 65.2 Å². The fourth-order valence-corrected chi connectivity index (χ4v) is 4.97. The van der Waals surface area contributed by atoms with Gasteiger partial charge in [-0.3, -0.25) is 19.8 Å². The maximum Gasteiger partial charge on any atom is 0.270 e. The number of likely N-dealkylation sites (N-methyl/N-ethyl adjacent to an activating group) is 1. The van der Waals surface area contributed by atoms with Gasteiger partial charge in [-0.2, -0.15) is 0 Å². The minimum atomic E-state index is -0.501. The standard InChI is InChI=1S/C27H29N3O3S/c1-6-29-23-13-8-18(14-21(23)17(3)16-27(29,4)5)15-22-24(31)28-26(34)30(25(22)32)19-9-11-20(12-10-19)33-7-2/h8-16H,6-7H2,1-5H3,(H,28,31,34)/b22-15-. The molecule has 176 valence electrons. The lowest BCUT2D eigenvalue weighted by Gasteiger charge is -2.42. The second kappa shape index (κ2) is 9.06. The number of hydrogen-bond donors (Lipinski definition) is 1. The Balaban J connectivity index is 1.70. The van der Waals surface area contributed by atoms with E-state index in [-0.39, 0.29) is 16.2 Å². The minimum absolute atomic E-state index is 0.0348. The van der Waals surface area contributed by atoms with Crippen molar-refractivity contribution in [2.45, 2.75) is 40.2 Å². The number of carbonyl (C=O) groups excluding carboxylic acids is 2. The fourth-order valence-electron chi connectivity index (χ4n) is 4.69. The highest BCUT2D eigenvalue weighted by atomic mass is 32.1. The molecular weight excluding hydrogens is 446 g/mol. The van der Waals surface area contributed by atoms with Crippen molar-refractivity contribution < 1.29 is 14.3 Å². The third-order valence-corrected chi connectivity index (χ3v) is 6.42. The first-order valence-corrected chi connectivity index (χ1v) is 11.8. The molecule has 6 nitrogen and oxygen atoms in total. The third-order valence-electron chi connectivity index (χ3n) is 6.14. The van der Waals surface area contributed by atoms with E-state index in [0.717, 1.165) is 23.4 Å². The van der Waals surface area contributed by atoms with Crippen molar-refractivity contribution in [1.82, 2.24) is 5.32 Å². The van der Waals surface area contributed by atoms with E-state index in [0.29, 0.717) is 18.0 Å². The summed E-state index contributed by atoms with van der Waals surface area (Å²) in [5.41, 5.74) is 4.70. The molecule has 0 bridgehead atoms. The highest BCUT2D eigenvalue weighted by Gasteiger charge is 2.35. The van der Waals surface area contributed by atoms with Crippen LogP contribution in [0.5, 0.6) is 5.75 Å². The van der Waals surface area contributed by atoms with Gasteiger partial charge in [0.05, 0.1) is 17.8 Å². The van der Waals surface area contributed by atoms with Crippen LogP contribution in [0.15, 0.2) is 54.1 Å². The van der Waals surface area contributed by atoms with Crippen molar-refractivity contribution in [2.24, 2.45) is 0 Å². The Morgan fingerprint density at radius 2 is 1.79 bits per heavy atom. The normalized spacial score (nSPS) is 18.6. The average molecular weight is 476 g/mol. The van der Waals surface area contributed by atoms with Crippen LogP contribution in [-0.4, -0.2) is 35.6 Å². The first-order chi connectivity index (χ1) is 16.2. The van der Waals surface area contributed by atoms with Crippen molar-refractivity contribution >= 4 is 52.2 Å². The number of anilines is 2. The summed E-state index contributed by atoms with van der Waals surface area (Å²) in [5, 5.41) is 2.70. The number of nitrogens with one attached hydrogen (secondary N) is 1. The van der Waals surface area contributed by atoms with Crippen LogP contribution in [0.1, 0.15) is 45.7 Å². The number of hydrogen-bond acceptors (Lipinski definition) is 5. The lowest BCUT2D eigenvalue weighted by atomic mass is 9.88. The van der Waals surface area contributed by atoms with Gasteiger partial charge in [0.15, 0.2) is 5.11 Å². The van der Waals surface area contributed by atoms with Gasteiger partial charge in [0.1, 0.15) is 11.3 Å². The first kappa shape index (κ1) is 23.7. The zero-order valence-corrected chi connectivity index (χ0v) is 21.0. The quantitative estimate of drug-likeness (QED) is 0.377. The van der Waals surface area contributed by atoms with Gasteiger partial charge in [-0.05, 0) is 100 Å². The van der Waals surface area contributed by atoms with Crippen molar-refractivity contribution in [3.8, 4) is 5.75 Å². The molecule has 0 spiro atoms. The molecule has 7 heteroatoms. The minimum Gasteiger partial charge on any atom is -0.494 e. The maximum atomic E-state index is 13.4. The van der Waals surface area contributed by atoms with E-state index < -0.39 is 11.8 Å². The Labute approximate surface area is 205 Å². The molecule has 34 heavy (non-hydrogen) atoms. The number of rotatable bonds is 5. The second-order valence-corrected chi connectivity index (χ2v) is 9.27. The number of nitrogens with zero attached hydrogens (tertiary/aromatic N) is 2. The van der Waals surface area contributed by atoms with E-state index in [4.69, 9.17) is 17.0 Å². The summed E-state index contributed by atoms with van der Waals surface area (Å²) in [6, 6.07) is 13.1. The molecule has 0 aromatic heterocycles. The Morgan fingerprint density at radius 1 is 1.09 bits per heavy atom. The summed E-state index contributed by atoms with van der Waals surface area (Å²) in [4.78, 5) is 29.8. The summed E-state index contributed by atoms with van der Waals surface area (Å²) < 4.78 is 5.48. The lowest BCUT2D eigenvalue weighted by Crippen LogP contribution is -2.54. The van der Waals surface area contributed by atoms with Gasteiger partial charge < -0.3 is 9.64 Å². The number of amides is 2. The van der Waals surface area contributed by atoms with Gasteiger partial charge in [-0.1, -0.05) is 12.1 Å². The molecule has 0 radical (unpaired) electrons. The summed E-state index contributed by atoms with van der Waals surface area (Å²) in [6.07, 6.45) is 3.88. The highest BCUT2D eigenvalue weighted by molar-refractivity contribution is 7.80. The SMILES string of the molecule is CCOc1ccc(N2C(=O)/C(=C\c3ccc4c(c3)C(C)=CC(C)(C)N4CC)C(=O)NC2=S)cc1. The van der Waals surface area contributed by atoms with Crippen LogP contribution in [-0.2, 0) is 9.59 Å². The summed E-state index contributed by atoms with van der Waals surface area (Å²) in [6.45, 7) is 12.0. The molecule has 1 N–H and O–H groups in total. The monoisotopic (exact) mass is 475 g/mol. The molecule has 2 amide bonds. The molecule has 0 atom stereocenters. The van der Waals surface area contributed by atoms with Crippen molar-refractivity contribution in [1.29, 1.82) is 0 Å². The number of benzene rings is 2. The van der Waals surface area contributed by atoms with Crippen LogP contribution in [0.2, 0.25) is 0 Å². The smallest absolute Gasteiger partial charge is 0.270 e. The fraction of sp³-hybridized carbons (Fsp3) is 0.296. The predicted octanol–water partition coefficient (Wildman–Crippen LogP) is 4.94. The molecule has 2 aromatic carbocycles. The Hall–Kier alpha value is -3.45. The van der Waals surface area contributed by atoms with E-state index in [1.165, 1.54) is 10.5 Å². The van der Waals surface area contributed by atoms with Gasteiger partial charge in [0.25, 0.3) is 11.8 Å². The number of fused-ring (bicyclic) bond motifs is 1. The zero-order chi connectivity index (χ0) is 24.6. The largest absolute Gasteiger partial charge is 0.494 e. The molecule has 2 aliphatic rings. The summed E-state index contributed by atoms with van der Waals surface area (Å²) in [5.74, 6) is -0.263. The van der Waals surface area contributed by atoms with Gasteiger partial charge in [0.2, 0.25) is 0 Å². The van der Waals surface area contributed by atoms with E-state index in [2.05, 4.69) is 50.1 Å². The van der Waals surface area contributed by atoms with Crippen LogP contribution >= 0.6 is 12.2 Å². The van der Waals surface area contributed by atoms with Crippen molar-refractivity contribution in [2.75, 3.05) is 23.0 Å². The van der Waals surface area contributed by atoms with E-state index in [1.54, 1.807) is 30.3 Å². The van der Waals surface area contributed by atoms with Gasteiger partial charge in [-0.15, -0.1) is 0 Å². The predicted molar refractivity (Wildman–Crippen MR) is 141 cm³/mol. The molecule has 4 rings (SSSR count).